The van der Waals surface area contributed by atoms with Gasteiger partial charge in [0.25, 0.3) is 0 Å². The molecule has 1 aliphatic carbocycles. The molecule has 8 heteroatoms. The molecule has 0 spiro atoms. The van der Waals surface area contributed by atoms with Crippen LogP contribution in [0.5, 0.6) is 0 Å². The molecule has 4 unspecified atom stereocenters. The van der Waals surface area contributed by atoms with Crippen molar-refractivity contribution >= 4 is 23.4 Å². The summed E-state index contributed by atoms with van der Waals surface area (Å²) in [5.74, 6) is -0.432. The number of hydrazine groups is 1. The summed E-state index contributed by atoms with van der Waals surface area (Å²) in [5.41, 5.74) is 4.04. The van der Waals surface area contributed by atoms with Crippen molar-refractivity contribution in [3.05, 3.63) is 34.6 Å². The summed E-state index contributed by atoms with van der Waals surface area (Å²) in [4.78, 5) is 27.1. The highest BCUT2D eigenvalue weighted by molar-refractivity contribution is 6.31. The van der Waals surface area contributed by atoms with Crippen LogP contribution in [0.25, 0.3) is 0 Å². The number of amides is 2. The normalized spacial score (nSPS) is 30.8. The number of halogens is 2. The minimum absolute atomic E-state index is 0.0359. The summed E-state index contributed by atoms with van der Waals surface area (Å²) < 4.78 is 13.1. The molecule has 4 rings (SSSR count). The monoisotopic (exact) mass is 394 g/mol. The molecule has 2 saturated heterocycles. The fraction of sp³-hybridized carbons (Fsp3) is 0.579. The molecule has 0 radical (unpaired) electrons. The third-order valence-corrected chi connectivity index (χ3v) is 6.51. The molecule has 2 aliphatic heterocycles. The predicted octanol–water partition coefficient (Wildman–Crippen LogP) is 1.68. The Balaban J connectivity index is 1.39. The van der Waals surface area contributed by atoms with Gasteiger partial charge in [0.2, 0.25) is 11.8 Å². The van der Waals surface area contributed by atoms with Gasteiger partial charge < -0.3 is 10.2 Å². The van der Waals surface area contributed by atoms with E-state index in [1.165, 1.54) is 12.1 Å². The maximum Gasteiger partial charge on any atom is 0.241 e. The predicted molar refractivity (Wildman–Crippen MR) is 99.2 cm³/mol. The van der Waals surface area contributed by atoms with E-state index in [1.807, 2.05) is 11.9 Å². The van der Waals surface area contributed by atoms with Gasteiger partial charge in [0, 0.05) is 43.2 Å². The first-order valence-corrected chi connectivity index (χ1v) is 9.83. The van der Waals surface area contributed by atoms with E-state index >= 15 is 0 Å². The molecule has 146 valence electrons. The maximum absolute atomic E-state index is 13.1. The van der Waals surface area contributed by atoms with Crippen LogP contribution in [-0.4, -0.2) is 53.4 Å². The van der Waals surface area contributed by atoms with E-state index in [1.54, 1.807) is 6.07 Å². The molecular weight excluding hydrogens is 371 g/mol. The molecule has 3 fully saturated rings. The van der Waals surface area contributed by atoms with Gasteiger partial charge in [-0.3, -0.25) is 15.0 Å². The first kappa shape index (κ1) is 18.7. The fourth-order valence-electron chi connectivity index (χ4n) is 4.67. The standard InChI is InChI=1S/C19H24ClFN4O2/c1-24-17-8-11(3-5-15(17)25-16(19(24)27)6-7-23-25)18(26)22-10-12-2-4-13(21)9-14(12)20/h2,4,9,11,15-17,23H,3,5-8,10H2,1H3,(H,22,26). The van der Waals surface area contributed by atoms with Gasteiger partial charge in [0.15, 0.2) is 0 Å². The molecule has 2 heterocycles. The number of nitrogens with zero attached hydrogens (tertiary/aromatic N) is 2. The van der Waals surface area contributed by atoms with Gasteiger partial charge in [-0.1, -0.05) is 17.7 Å². The van der Waals surface area contributed by atoms with Gasteiger partial charge >= 0.3 is 0 Å². The van der Waals surface area contributed by atoms with E-state index in [-0.39, 0.29) is 42.4 Å². The lowest BCUT2D eigenvalue weighted by atomic mass is 9.79. The zero-order valence-corrected chi connectivity index (χ0v) is 16.0. The smallest absolute Gasteiger partial charge is 0.241 e. The van der Waals surface area contributed by atoms with Crippen molar-refractivity contribution < 1.29 is 14.0 Å². The second-order valence-electron chi connectivity index (χ2n) is 7.67. The van der Waals surface area contributed by atoms with Gasteiger partial charge in [-0.2, -0.15) is 0 Å². The van der Waals surface area contributed by atoms with E-state index in [0.717, 1.165) is 25.8 Å². The number of hydrogen-bond donors (Lipinski definition) is 2. The molecule has 0 aromatic heterocycles. The van der Waals surface area contributed by atoms with Gasteiger partial charge in [-0.25, -0.2) is 9.40 Å². The van der Waals surface area contributed by atoms with Crippen molar-refractivity contribution in [2.75, 3.05) is 13.6 Å². The molecule has 0 bridgehead atoms. The van der Waals surface area contributed by atoms with Crippen LogP contribution in [0.4, 0.5) is 4.39 Å². The van der Waals surface area contributed by atoms with E-state index < -0.39 is 5.82 Å². The van der Waals surface area contributed by atoms with Gasteiger partial charge in [0.05, 0.1) is 0 Å². The highest BCUT2D eigenvalue weighted by atomic mass is 35.5. The molecular formula is C19H24ClFN4O2. The van der Waals surface area contributed by atoms with Crippen LogP contribution in [0.15, 0.2) is 18.2 Å². The van der Waals surface area contributed by atoms with Crippen LogP contribution in [0.1, 0.15) is 31.2 Å². The Kier molecular flexibility index (Phi) is 5.09. The maximum atomic E-state index is 13.1. The van der Waals surface area contributed by atoms with E-state index in [9.17, 15) is 14.0 Å². The Morgan fingerprint density at radius 2 is 2.15 bits per heavy atom. The Morgan fingerprint density at radius 1 is 1.33 bits per heavy atom. The Bertz CT molecular complexity index is 761. The quantitative estimate of drug-likeness (QED) is 0.818. The lowest BCUT2D eigenvalue weighted by molar-refractivity contribution is -0.153. The number of rotatable bonds is 3. The number of fused-ring (bicyclic) bond motifs is 3. The van der Waals surface area contributed by atoms with Crippen LogP contribution in [-0.2, 0) is 16.1 Å². The van der Waals surface area contributed by atoms with Crippen LogP contribution in [0, 0.1) is 11.7 Å². The first-order valence-electron chi connectivity index (χ1n) is 9.46. The average molecular weight is 395 g/mol. The lowest BCUT2D eigenvalue weighted by Gasteiger charge is -2.50. The third kappa shape index (κ3) is 3.44. The minimum atomic E-state index is -0.396. The molecule has 1 saturated carbocycles. The minimum Gasteiger partial charge on any atom is -0.352 e. The summed E-state index contributed by atoms with van der Waals surface area (Å²) in [7, 11) is 1.86. The van der Waals surface area contributed by atoms with Crippen molar-refractivity contribution in [2.24, 2.45) is 5.92 Å². The molecule has 1 aromatic rings. The van der Waals surface area contributed by atoms with E-state index in [2.05, 4.69) is 15.8 Å². The van der Waals surface area contributed by atoms with Crippen molar-refractivity contribution in [3.8, 4) is 0 Å². The Morgan fingerprint density at radius 3 is 2.93 bits per heavy atom. The fourth-order valence-corrected chi connectivity index (χ4v) is 4.90. The average Bonchev–Trinajstić information content (AvgIpc) is 3.15. The zero-order chi connectivity index (χ0) is 19.1. The van der Waals surface area contributed by atoms with Crippen LogP contribution in [0.3, 0.4) is 0 Å². The molecule has 4 atom stereocenters. The molecule has 2 amide bonds. The van der Waals surface area contributed by atoms with Crippen molar-refractivity contribution in [1.82, 2.24) is 20.7 Å². The summed E-state index contributed by atoms with van der Waals surface area (Å²) in [6, 6.07) is 4.40. The number of piperazine rings is 1. The Hall–Kier alpha value is -1.70. The topological polar surface area (TPSA) is 64.7 Å². The first-order chi connectivity index (χ1) is 13.0. The summed E-state index contributed by atoms with van der Waals surface area (Å²) >= 11 is 6.03. The highest BCUT2D eigenvalue weighted by Crippen LogP contribution is 2.36. The summed E-state index contributed by atoms with van der Waals surface area (Å²) in [6.45, 7) is 1.10. The number of benzene rings is 1. The zero-order valence-electron chi connectivity index (χ0n) is 15.3. The second kappa shape index (κ2) is 7.37. The van der Waals surface area contributed by atoms with Crippen LogP contribution >= 0.6 is 11.6 Å². The molecule has 6 nitrogen and oxygen atoms in total. The summed E-state index contributed by atoms with van der Waals surface area (Å²) in [5, 5.41) is 5.35. The largest absolute Gasteiger partial charge is 0.352 e. The number of nitrogens with one attached hydrogen (secondary N) is 2. The number of likely N-dealkylation sites (N-methyl/N-ethyl adjacent to an activating group) is 1. The number of carbonyl (C=O) groups excluding carboxylic acids is 2. The van der Waals surface area contributed by atoms with Crippen molar-refractivity contribution in [2.45, 2.75) is 50.4 Å². The third-order valence-electron chi connectivity index (χ3n) is 6.16. The number of hydrogen-bond acceptors (Lipinski definition) is 4. The van der Waals surface area contributed by atoms with Gasteiger partial charge in [-0.15, -0.1) is 0 Å². The molecule has 2 N–H and O–H groups in total. The van der Waals surface area contributed by atoms with E-state index in [0.29, 0.717) is 17.0 Å². The van der Waals surface area contributed by atoms with Gasteiger partial charge in [0.1, 0.15) is 11.9 Å². The van der Waals surface area contributed by atoms with Crippen molar-refractivity contribution in [3.63, 3.8) is 0 Å². The number of carbonyl (C=O) groups is 2. The molecule has 3 aliphatic rings. The second-order valence-corrected chi connectivity index (χ2v) is 8.07. The van der Waals surface area contributed by atoms with Crippen molar-refractivity contribution in [1.29, 1.82) is 0 Å². The summed E-state index contributed by atoms with van der Waals surface area (Å²) in [6.07, 6.45) is 3.16. The van der Waals surface area contributed by atoms with Gasteiger partial charge in [-0.05, 0) is 43.4 Å². The molecule has 1 aromatic carbocycles. The van der Waals surface area contributed by atoms with Crippen LogP contribution < -0.4 is 10.7 Å². The SMILES string of the molecule is CN1C(=O)C2CCNN2C2CCC(C(=O)NCc3ccc(F)cc3Cl)CC21. The lowest BCUT2D eigenvalue weighted by Crippen LogP contribution is -2.67. The Labute approximate surface area is 163 Å². The molecule has 27 heavy (non-hydrogen) atoms. The van der Waals surface area contributed by atoms with Crippen LogP contribution in [0.2, 0.25) is 5.02 Å². The highest BCUT2D eigenvalue weighted by Gasteiger charge is 2.50. The van der Waals surface area contributed by atoms with E-state index in [4.69, 9.17) is 11.6 Å².